The molecule has 0 N–H and O–H groups in total. The van der Waals surface area contributed by atoms with Gasteiger partial charge >= 0.3 is 11.9 Å². The van der Waals surface area contributed by atoms with E-state index in [0.29, 0.717) is 6.42 Å². The first kappa shape index (κ1) is 15.9. The van der Waals surface area contributed by atoms with E-state index in [4.69, 9.17) is 4.74 Å². The molecule has 0 aromatic carbocycles. The maximum absolute atomic E-state index is 11.4. The lowest BCUT2D eigenvalue weighted by Gasteiger charge is -2.28. The molecule has 100 valence electrons. The van der Waals surface area contributed by atoms with E-state index in [9.17, 15) is 9.59 Å². The second kappa shape index (κ2) is 8.06. The molecule has 0 aromatic rings. The first-order valence-corrected chi connectivity index (χ1v) is 5.78. The normalized spacial score (nSPS) is 14.2. The summed E-state index contributed by atoms with van der Waals surface area (Å²) in [5, 5.41) is 0. The molecule has 0 saturated heterocycles. The molecule has 0 amide bonds. The van der Waals surface area contributed by atoms with Crippen molar-refractivity contribution in [3.8, 4) is 0 Å². The van der Waals surface area contributed by atoms with Gasteiger partial charge in [0, 0.05) is 12.5 Å². The fraction of sp³-hybridized carbons (Fsp3) is 0.833. The van der Waals surface area contributed by atoms with Gasteiger partial charge in [-0.05, 0) is 26.9 Å². The molecule has 0 aliphatic heterocycles. The van der Waals surface area contributed by atoms with Crippen molar-refractivity contribution in [3.05, 3.63) is 0 Å². The third-order valence-corrected chi connectivity index (χ3v) is 3.11. The Hall–Kier alpha value is -1.10. The van der Waals surface area contributed by atoms with Crippen LogP contribution in [0.1, 0.15) is 26.7 Å². The smallest absolute Gasteiger partial charge is 0.309 e. The molecule has 0 fully saturated rings. The third-order valence-electron chi connectivity index (χ3n) is 3.11. The Morgan fingerprint density at radius 2 is 1.76 bits per heavy atom. The third kappa shape index (κ3) is 5.68. The predicted molar refractivity (Wildman–Crippen MR) is 64.5 cm³/mol. The van der Waals surface area contributed by atoms with Crippen LogP contribution in [-0.2, 0) is 19.1 Å². The van der Waals surface area contributed by atoms with Crippen LogP contribution in [-0.4, -0.2) is 50.7 Å². The Morgan fingerprint density at radius 1 is 1.18 bits per heavy atom. The van der Waals surface area contributed by atoms with Gasteiger partial charge in [-0.2, -0.15) is 0 Å². The first-order valence-electron chi connectivity index (χ1n) is 5.78. The fourth-order valence-corrected chi connectivity index (χ4v) is 1.54. The lowest BCUT2D eigenvalue weighted by atomic mass is 10.0. The van der Waals surface area contributed by atoms with E-state index in [2.05, 4.69) is 4.74 Å². The zero-order chi connectivity index (χ0) is 13.4. The number of carbonyl (C=O) groups is 2. The van der Waals surface area contributed by atoms with Crippen molar-refractivity contribution in [2.24, 2.45) is 5.92 Å². The molecule has 17 heavy (non-hydrogen) atoms. The van der Waals surface area contributed by atoms with E-state index in [1.807, 2.05) is 25.8 Å². The predicted octanol–water partition coefficient (Wildman–Crippen LogP) is 1.07. The maximum Gasteiger partial charge on any atom is 0.309 e. The molecule has 0 spiro atoms. The van der Waals surface area contributed by atoms with Gasteiger partial charge in [0.05, 0.1) is 20.1 Å². The number of hydrogen-bond acceptors (Lipinski definition) is 5. The second-order valence-corrected chi connectivity index (χ2v) is 4.21. The number of methoxy groups -OCH3 is 2. The van der Waals surface area contributed by atoms with Crippen LogP contribution in [0.3, 0.4) is 0 Å². The number of esters is 2. The van der Waals surface area contributed by atoms with Crippen molar-refractivity contribution in [2.75, 3.05) is 27.8 Å². The Labute approximate surface area is 103 Å². The van der Waals surface area contributed by atoms with Crippen molar-refractivity contribution in [1.29, 1.82) is 0 Å². The molecular weight excluding hydrogens is 222 g/mol. The SMILES string of the molecule is COC(=O)CCCN(C)C(C)C(C)C(=O)OC. The molecule has 5 nitrogen and oxygen atoms in total. The summed E-state index contributed by atoms with van der Waals surface area (Å²) in [5.74, 6) is -0.590. The number of hydrogen-bond donors (Lipinski definition) is 0. The molecular formula is C12H23NO4. The van der Waals surface area contributed by atoms with Gasteiger partial charge in [-0.25, -0.2) is 0 Å². The van der Waals surface area contributed by atoms with E-state index in [0.717, 1.165) is 13.0 Å². The minimum absolute atomic E-state index is 0.0834. The Balaban J connectivity index is 4.00. The van der Waals surface area contributed by atoms with Gasteiger partial charge in [0.1, 0.15) is 0 Å². The summed E-state index contributed by atoms with van der Waals surface area (Å²) in [6.45, 7) is 4.56. The van der Waals surface area contributed by atoms with Gasteiger partial charge in [0.25, 0.3) is 0 Å². The topological polar surface area (TPSA) is 55.8 Å². The van der Waals surface area contributed by atoms with Crippen molar-refractivity contribution in [2.45, 2.75) is 32.7 Å². The molecule has 0 aliphatic carbocycles. The summed E-state index contributed by atoms with van der Waals surface area (Å²) in [6.07, 6.45) is 1.13. The summed E-state index contributed by atoms with van der Waals surface area (Å²) in [5.41, 5.74) is 0. The fourth-order valence-electron chi connectivity index (χ4n) is 1.54. The molecule has 0 bridgehead atoms. The van der Waals surface area contributed by atoms with Crippen molar-refractivity contribution in [3.63, 3.8) is 0 Å². The average molecular weight is 245 g/mol. The largest absolute Gasteiger partial charge is 0.469 e. The van der Waals surface area contributed by atoms with Crippen molar-refractivity contribution in [1.82, 2.24) is 4.90 Å². The van der Waals surface area contributed by atoms with Gasteiger partial charge in [-0.1, -0.05) is 6.92 Å². The van der Waals surface area contributed by atoms with Gasteiger partial charge in [0.15, 0.2) is 0 Å². The van der Waals surface area contributed by atoms with Crippen molar-refractivity contribution < 1.29 is 19.1 Å². The Morgan fingerprint density at radius 3 is 2.24 bits per heavy atom. The second-order valence-electron chi connectivity index (χ2n) is 4.21. The molecule has 0 radical (unpaired) electrons. The molecule has 5 heteroatoms. The zero-order valence-corrected chi connectivity index (χ0v) is 11.4. The minimum atomic E-state index is -0.211. The number of rotatable bonds is 7. The van der Waals surface area contributed by atoms with E-state index in [-0.39, 0.29) is 23.9 Å². The van der Waals surface area contributed by atoms with Crippen LogP contribution in [0.2, 0.25) is 0 Å². The minimum Gasteiger partial charge on any atom is -0.469 e. The van der Waals surface area contributed by atoms with Crippen LogP contribution >= 0.6 is 0 Å². The lowest BCUT2D eigenvalue weighted by Crippen LogP contribution is -2.39. The summed E-state index contributed by atoms with van der Waals surface area (Å²) in [7, 11) is 4.71. The highest BCUT2D eigenvalue weighted by Gasteiger charge is 2.23. The monoisotopic (exact) mass is 245 g/mol. The van der Waals surface area contributed by atoms with Crippen LogP contribution in [0, 0.1) is 5.92 Å². The average Bonchev–Trinajstić information content (AvgIpc) is 2.35. The molecule has 0 aromatic heterocycles. The quantitative estimate of drug-likeness (QED) is 0.628. The van der Waals surface area contributed by atoms with Crippen LogP contribution < -0.4 is 0 Å². The van der Waals surface area contributed by atoms with E-state index in [1.165, 1.54) is 14.2 Å². The highest BCUT2D eigenvalue weighted by molar-refractivity contribution is 5.72. The standard InChI is InChI=1S/C12H23NO4/c1-9(12(15)17-5)10(2)13(3)8-6-7-11(14)16-4/h9-10H,6-8H2,1-5H3. The summed E-state index contributed by atoms with van der Waals surface area (Å²) < 4.78 is 9.27. The van der Waals surface area contributed by atoms with Crippen LogP contribution in [0.5, 0.6) is 0 Å². The van der Waals surface area contributed by atoms with Gasteiger partial charge < -0.3 is 14.4 Å². The summed E-state index contributed by atoms with van der Waals surface area (Å²) >= 11 is 0. The number of carbonyl (C=O) groups excluding carboxylic acids is 2. The molecule has 2 atom stereocenters. The van der Waals surface area contributed by atoms with Gasteiger partial charge in [-0.15, -0.1) is 0 Å². The highest BCUT2D eigenvalue weighted by Crippen LogP contribution is 2.11. The van der Waals surface area contributed by atoms with Gasteiger partial charge in [0.2, 0.25) is 0 Å². The van der Waals surface area contributed by atoms with E-state index in [1.54, 1.807) is 0 Å². The van der Waals surface area contributed by atoms with Crippen LogP contribution in [0.4, 0.5) is 0 Å². The Bertz CT molecular complexity index is 255. The van der Waals surface area contributed by atoms with Crippen LogP contribution in [0.25, 0.3) is 0 Å². The Kier molecular flexibility index (Phi) is 7.54. The summed E-state index contributed by atoms with van der Waals surface area (Å²) in [6, 6.07) is 0.0834. The first-order chi connectivity index (χ1) is 7.93. The number of ether oxygens (including phenoxy) is 2. The maximum atomic E-state index is 11.4. The van der Waals surface area contributed by atoms with E-state index >= 15 is 0 Å². The van der Waals surface area contributed by atoms with Crippen LogP contribution in [0.15, 0.2) is 0 Å². The molecule has 0 aliphatic rings. The van der Waals surface area contributed by atoms with Gasteiger partial charge in [-0.3, -0.25) is 9.59 Å². The molecule has 2 unspecified atom stereocenters. The van der Waals surface area contributed by atoms with Crippen molar-refractivity contribution >= 4 is 11.9 Å². The highest BCUT2D eigenvalue weighted by atomic mass is 16.5. The summed E-state index contributed by atoms with van der Waals surface area (Å²) in [4.78, 5) is 24.3. The molecule has 0 heterocycles. The molecule has 0 saturated carbocycles. The number of nitrogens with zero attached hydrogens (tertiary/aromatic N) is 1. The lowest BCUT2D eigenvalue weighted by molar-refractivity contribution is -0.147. The van der Waals surface area contributed by atoms with E-state index < -0.39 is 0 Å². The molecule has 0 rings (SSSR count). The zero-order valence-electron chi connectivity index (χ0n) is 11.4.